The molecule has 1 N–H and O–H groups in total. The Morgan fingerprint density at radius 1 is 1.00 bits per heavy atom. The second-order valence-corrected chi connectivity index (χ2v) is 6.57. The van der Waals surface area contributed by atoms with Gasteiger partial charge in [0.2, 0.25) is 0 Å². The molecule has 140 valence electrons. The van der Waals surface area contributed by atoms with Gasteiger partial charge in [-0.2, -0.15) is 0 Å². The van der Waals surface area contributed by atoms with Crippen LogP contribution in [-0.2, 0) is 4.79 Å². The molecule has 0 aliphatic carbocycles. The van der Waals surface area contributed by atoms with Crippen LogP contribution in [0.5, 0.6) is 17.2 Å². The molecule has 0 fully saturated rings. The van der Waals surface area contributed by atoms with E-state index in [0.29, 0.717) is 33.9 Å². The molecule has 1 unspecified atom stereocenters. The minimum absolute atomic E-state index is 0.305. The molecule has 0 saturated heterocycles. The van der Waals surface area contributed by atoms with E-state index in [9.17, 15) is 4.79 Å². The zero-order valence-electron chi connectivity index (χ0n) is 15.6. The first-order chi connectivity index (χ1) is 12.3. The number of carbonyl (C=O) groups is 1. The average Bonchev–Trinajstić information content (AvgIpc) is 2.63. The van der Waals surface area contributed by atoms with E-state index in [4.69, 9.17) is 25.8 Å². The Bertz CT molecular complexity index is 759. The van der Waals surface area contributed by atoms with E-state index in [0.717, 1.165) is 0 Å². The van der Waals surface area contributed by atoms with Crippen molar-refractivity contribution in [1.82, 2.24) is 0 Å². The third-order valence-electron chi connectivity index (χ3n) is 3.96. The second-order valence-electron chi connectivity index (χ2n) is 6.16. The minimum atomic E-state index is -0.689. The molecule has 26 heavy (non-hydrogen) atoms. The van der Waals surface area contributed by atoms with Crippen molar-refractivity contribution in [3.05, 3.63) is 47.0 Å². The lowest BCUT2D eigenvalue weighted by atomic mass is 10.0. The van der Waals surface area contributed by atoms with Crippen molar-refractivity contribution < 1.29 is 19.0 Å². The molecule has 1 amide bonds. The van der Waals surface area contributed by atoms with Gasteiger partial charge >= 0.3 is 0 Å². The monoisotopic (exact) mass is 377 g/mol. The number of amides is 1. The van der Waals surface area contributed by atoms with Gasteiger partial charge in [-0.25, -0.2) is 0 Å². The molecular formula is C20H24ClNO4. The lowest BCUT2D eigenvalue weighted by Gasteiger charge is -2.17. The Labute approximate surface area is 159 Å². The summed E-state index contributed by atoms with van der Waals surface area (Å²) in [5.74, 6) is 1.66. The van der Waals surface area contributed by atoms with Gasteiger partial charge in [-0.05, 0) is 30.5 Å². The van der Waals surface area contributed by atoms with Crippen molar-refractivity contribution in [1.29, 1.82) is 0 Å². The standard InChI is InChI=1S/C20H24ClNO4/c1-12(2)14-6-8-15(9-7-14)26-13(3)20(23)22-17-11-18(24-4)16(21)10-19(17)25-5/h6-13H,1-5H3,(H,22,23). The summed E-state index contributed by atoms with van der Waals surface area (Å²) in [6.07, 6.45) is -0.689. The average molecular weight is 378 g/mol. The molecule has 2 aromatic rings. The second kappa shape index (κ2) is 8.81. The van der Waals surface area contributed by atoms with E-state index >= 15 is 0 Å². The topological polar surface area (TPSA) is 56.8 Å². The third-order valence-corrected chi connectivity index (χ3v) is 4.26. The molecule has 0 radical (unpaired) electrons. The van der Waals surface area contributed by atoms with Crippen molar-refractivity contribution in [2.45, 2.75) is 32.8 Å². The molecule has 5 nitrogen and oxygen atoms in total. The van der Waals surface area contributed by atoms with E-state index in [1.54, 1.807) is 19.1 Å². The van der Waals surface area contributed by atoms with E-state index < -0.39 is 6.10 Å². The lowest BCUT2D eigenvalue weighted by molar-refractivity contribution is -0.122. The maximum atomic E-state index is 12.5. The summed E-state index contributed by atoms with van der Waals surface area (Å²) in [5.41, 5.74) is 1.68. The van der Waals surface area contributed by atoms with Crippen LogP contribution in [0.4, 0.5) is 5.69 Å². The molecule has 0 aromatic heterocycles. The van der Waals surface area contributed by atoms with Crippen LogP contribution in [0.2, 0.25) is 5.02 Å². The van der Waals surface area contributed by atoms with E-state index in [-0.39, 0.29) is 5.91 Å². The molecular weight excluding hydrogens is 354 g/mol. The summed E-state index contributed by atoms with van der Waals surface area (Å²) in [6, 6.07) is 10.9. The predicted molar refractivity (Wildman–Crippen MR) is 104 cm³/mol. The van der Waals surface area contributed by atoms with Crippen LogP contribution >= 0.6 is 11.6 Å². The molecule has 0 aliphatic heterocycles. The van der Waals surface area contributed by atoms with Gasteiger partial charge in [0, 0.05) is 12.1 Å². The van der Waals surface area contributed by atoms with Crippen molar-refractivity contribution in [3.63, 3.8) is 0 Å². The number of halogens is 1. The SMILES string of the molecule is COc1cc(NC(=O)C(C)Oc2ccc(C(C)C)cc2)c(OC)cc1Cl. The van der Waals surface area contributed by atoms with Crippen LogP contribution in [0.15, 0.2) is 36.4 Å². The van der Waals surface area contributed by atoms with Gasteiger partial charge < -0.3 is 19.5 Å². The molecule has 2 aromatic carbocycles. The number of hydrogen-bond acceptors (Lipinski definition) is 4. The van der Waals surface area contributed by atoms with Crippen LogP contribution in [0.25, 0.3) is 0 Å². The van der Waals surface area contributed by atoms with Gasteiger partial charge in [-0.15, -0.1) is 0 Å². The number of benzene rings is 2. The number of hydrogen-bond donors (Lipinski definition) is 1. The van der Waals surface area contributed by atoms with Crippen molar-refractivity contribution >= 4 is 23.2 Å². The molecule has 1 atom stereocenters. The van der Waals surface area contributed by atoms with Gasteiger partial charge in [0.25, 0.3) is 5.91 Å². The van der Waals surface area contributed by atoms with Crippen LogP contribution < -0.4 is 19.5 Å². The molecule has 0 aliphatic rings. The highest BCUT2D eigenvalue weighted by Gasteiger charge is 2.18. The highest BCUT2D eigenvalue weighted by Crippen LogP contribution is 2.36. The summed E-state index contributed by atoms with van der Waals surface area (Å²) in [5, 5.41) is 3.19. The van der Waals surface area contributed by atoms with Gasteiger partial charge in [0.05, 0.1) is 24.9 Å². The summed E-state index contributed by atoms with van der Waals surface area (Å²) in [6.45, 7) is 5.94. The number of carbonyl (C=O) groups excluding carboxylic acids is 1. The normalized spacial score (nSPS) is 11.8. The summed E-state index contributed by atoms with van der Waals surface area (Å²) in [7, 11) is 3.01. The Morgan fingerprint density at radius 2 is 1.62 bits per heavy atom. The zero-order chi connectivity index (χ0) is 19.3. The maximum absolute atomic E-state index is 12.5. The first-order valence-electron chi connectivity index (χ1n) is 8.34. The summed E-state index contributed by atoms with van der Waals surface area (Å²) >= 11 is 6.08. The van der Waals surface area contributed by atoms with E-state index in [1.165, 1.54) is 19.8 Å². The van der Waals surface area contributed by atoms with Gasteiger partial charge in [0.15, 0.2) is 6.10 Å². The van der Waals surface area contributed by atoms with E-state index in [1.807, 2.05) is 24.3 Å². The fourth-order valence-electron chi connectivity index (χ4n) is 2.38. The molecule has 6 heteroatoms. The molecule has 0 saturated carbocycles. The Balaban J connectivity index is 2.09. The number of nitrogens with one attached hydrogen (secondary N) is 1. The number of rotatable bonds is 7. The van der Waals surface area contributed by atoms with Crippen molar-refractivity contribution in [2.24, 2.45) is 0 Å². The van der Waals surface area contributed by atoms with E-state index in [2.05, 4.69) is 19.2 Å². The van der Waals surface area contributed by atoms with Crippen LogP contribution in [-0.4, -0.2) is 26.2 Å². The number of methoxy groups -OCH3 is 2. The fraction of sp³-hybridized carbons (Fsp3) is 0.350. The predicted octanol–water partition coefficient (Wildman–Crippen LogP) is 4.89. The molecule has 0 spiro atoms. The lowest BCUT2D eigenvalue weighted by Crippen LogP contribution is -2.30. The Hall–Kier alpha value is -2.40. The number of anilines is 1. The highest BCUT2D eigenvalue weighted by atomic mass is 35.5. The first-order valence-corrected chi connectivity index (χ1v) is 8.72. The maximum Gasteiger partial charge on any atom is 0.265 e. The number of ether oxygens (including phenoxy) is 3. The van der Waals surface area contributed by atoms with Gasteiger partial charge in [0.1, 0.15) is 17.2 Å². The Kier molecular flexibility index (Phi) is 6.75. The largest absolute Gasteiger partial charge is 0.495 e. The first kappa shape index (κ1) is 19.9. The summed E-state index contributed by atoms with van der Waals surface area (Å²) < 4.78 is 16.2. The quantitative estimate of drug-likeness (QED) is 0.746. The van der Waals surface area contributed by atoms with Gasteiger partial charge in [-0.3, -0.25) is 4.79 Å². The van der Waals surface area contributed by atoms with Crippen molar-refractivity contribution in [3.8, 4) is 17.2 Å². The van der Waals surface area contributed by atoms with Crippen LogP contribution in [0.3, 0.4) is 0 Å². The zero-order valence-corrected chi connectivity index (χ0v) is 16.4. The Morgan fingerprint density at radius 3 is 2.15 bits per heavy atom. The van der Waals surface area contributed by atoms with Crippen LogP contribution in [0, 0.1) is 0 Å². The molecule has 0 heterocycles. The molecule has 0 bridgehead atoms. The third kappa shape index (κ3) is 4.82. The van der Waals surface area contributed by atoms with Crippen molar-refractivity contribution in [2.75, 3.05) is 19.5 Å². The highest BCUT2D eigenvalue weighted by molar-refractivity contribution is 6.32. The summed E-state index contributed by atoms with van der Waals surface area (Å²) in [4.78, 5) is 12.5. The smallest absolute Gasteiger partial charge is 0.265 e. The molecule has 2 rings (SSSR count). The van der Waals surface area contributed by atoms with Gasteiger partial charge in [-0.1, -0.05) is 37.6 Å². The fourth-order valence-corrected chi connectivity index (χ4v) is 2.61. The van der Waals surface area contributed by atoms with Crippen LogP contribution in [0.1, 0.15) is 32.3 Å². The minimum Gasteiger partial charge on any atom is -0.495 e.